The number of carbonyl (C=O) groups excluding carboxylic acids is 1. The van der Waals surface area contributed by atoms with Gasteiger partial charge in [-0.25, -0.2) is 0 Å². The van der Waals surface area contributed by atoms with Gasteiger partial charge in [-0.2, -0.15) is 13.2 Å². The lowest BCUT2D eigenvalue weighted by Crippen LogP contribution is -2.30. The highest BCUT2D eigenvalue weighted by Crippen LogP contribution is 2.24. The number of benzene rings is 1. The van der Waals surface area contributed by atoms with Crippen LogP contribution in [0.5, 0.6) is 0 Å². The highest BCUT2D eigenvalue weighted by atomic mass is 19.4. The van der Waals surface area contributed by atoms with Crippen molar-refractivity contribution in [3.63, 3.8) is 0 Å². The summed E-state index contributed by atoms with van der Waals surface area (Å²) < 4.78 is 36.9. The molecule has 0 spiro atoms. The summed E-state index contributed by atoms with van der Waals surface area (Å²) in [5.41, 5.74) is 0.742. The fraction of sp³-hybridized carbons (Fsp3) is 0.462. The molecule has 1 aromatic rings. The van der Waals surface area contributed by atoms with E-state index in [-0.39, 0.29) is 17.5 Å². The van der Waals surface area contributed by atoms with Crippen LogP contribution in [0.3, 0.4) is 0 Å². The molecule has 1 amide bonds. The zero-order valence-corrected chi connectivity index (χ0v) is 10.5. The Labute approximate surface area is 109 Å². The molecule has 0 aliphatic carbocycles. The Balaban J connectivity index is 2.05. The van der Waals surface area contributed by atoms with Gasteiger partial charge in [0.2, 0.25) is 5.91 Å². The van der Waals surface area contributed by atoms with E-state index >= 15 is 0 Å². The summed E-state index contributed by atoms with van der Waals surface area (Å²) in [6.45, 7) is 0.665. The molecule has 1 heterocycles. The number of likely N-dealkylation sites (N-methyl/N-ethyl adjacent to an activating group) is 1. The number of anilines is 1. The molecule has 1 fully saturated rings. The Morgan fingerprint density at radius 2 is 2.16 bits per heavy atom. The lowest BCUT2D eigenvalue weighted by atomic mass is 10.1. The number of amides is 1. The van der Waals surface area contributed by atoms with Crippen LogP contribution >= 0.6 is 0 Å². The SMILES string of the molecule is CN1CCC(Nc2cccc(CC(F)(F)F)c2)C1=O. The first-order valence-corrected chi connectivity index (χ1v) is 6.02. The third-order valence-corrected chi connectivity index (χ3v) is 3.10. The van der Waals surface area contributed by atoms with Crippen molar-refractivity contribution in [2.45, 2.75) is 25.1 Å². The van der Waals surface area contributed by atoms with E-state index in [4.69, 9.17) is 0 Å². The van der Waals surface area contributed by atoms with Crippen LogP contribution < -0.4 is 5.32 Å². The van der Waals surface area contributed by atoms with Gasteiger partial charge in [-0.05, 0) is 24.1 Å². The number of alkyl halides is 3. The lowest BCUT2D eigenvalue weighted by Gasteiger charge is -2.14. The van der Waals surface area contributed by atoms with E-state index < -0.39 is 12.6 Å². The van der Waals surface area contributed by atoms with Gasteiger partial charge < -0.3 is 10.2 Å². The Bertz CT molecular complexity index is 473. The maximum Gasteiger partial charge on any atom is 0.393 e. The molecule has 0 bridgehead atoms. The number of likely N-dealkylation sites (tertiary alicyclic amines) is 1. The molecule has 6 heteroatoms. The lowest BCUT2D eigenvalue weighted by molar-refractivity contribution is -0.128. The average Bonchev–Trinajstić information content (AvgIpc) is 2.59. The minimum absolute atomic E-state index is 0.0266. The maximum absolute atomic E-state index is 12.3. The van der Waals surface area contributed by atoms with Crippen molar-refractivity contribution < 1.29 is 18.0 Å². The molecule has 2 rings (SSSR count). The first-order chi connectivity index (χ1) is 8.85. The second-order valence-corrected chi connectivity index (χ2v) is 4.74. The van der Waals surface area contributed by atoms with Crippen LogP contribution in [-0.4, -0.2) is 36.6 Å². The first kappa shape index (κ1) is 13.7. The summed E-state index contributed by atoms with van der Waals surface area (Å²) >= 11 is 0. The minimum Gasteiger partial charge on any atom is -0.374 e. The number of rotatable bonds is 3. The largest absolute Gasteiger partial charge is 0.393 e. The van der Waals surface area contributed by atoms with Crippen LogP contribution in [0.15, 0.2) is 24.3 Å². The summed E-state index contributed by atoms with van der Waals surface area (Å²) in [6, 6.07) is 5.77. The molecule has 1 aliphatic rings. The van der Waals surface area contributed by atoms with Crippen molar-refractivity contribution in [3.8, 4) is 0 Å². The quantitative estimate of drug-likeness (QED) is 0.916. The number of nitrogens with one attached hydrogen (secondary N) is 1. The Morgan fingerprint density at radius 1 is 1.42 bits per heavy atom. The topological polar surface area (TPSA) is 32.3 Å². The summed E-state index contributed by atoms with van der Waals surface area (Å²) in [6.07, 6.45) is -4.51. The molecule has 1 aliphatic heterocycles. The highest BCUT2D eigenvalue weighted by molar-refractivity contribution is 5.86. The van der Waals surface area contributed by atoms with Crippen molar-refractivity contribution in [1.29, 1.82) is 0 Å². The van der Waals surface area contributed by atoms with Crippen molar-refractivity contribution in [3.05, 3.63) is 29.8 Å². The molecule has 1 N–H and O–H groups in total. The van der Waals surface area contributed by atoms with Crippen LogP contribution in [0.1, 0.15) is 12.0 Å². The van der Waals surface area contributed by atoms with Gasteiger partial charge in [0, 0.05) is 19.3 Å². The minimum atomic E-state index is -4.22. The molecule has 3 nitrogen and oxygen atoms in total. The Kier molecular flexibility index (Phi) is 3.68. The van der Waals surface area contributed by atoms with Crippen LogP contribution in [0.25, 0.3) is 0 Å². The molecule has 0 aromatic heterocycles. The third kappa shape index (κ3) is 3.62. The maximum atomic E-state index is 12.3. The van der Waals surface area contributed by atoms with E-state index in [0.29, 0.717) is 18.7 Å². The van der Waals surface area contributed by atoms with Crippen molar-refractivity contribution in [2.75, 3.05) is 18.9 Å². The molecule has 0 radical (unpaired) electrons. The monoisotopic (exact) mass is 272 g/mol. The molecule has 19 heavy (non-hydrogen) atoms. The summed E-state index contributed by atoms with van der Waals surface area (Å²) in [4.78, 5) is 13.3. The van der Waals surface area contributed by atoms with E-state index in [1.54, 1.807) is 24.1 Å². The van der Waals surface area contributed by atoms with Crippen LogP contribution in [0, 0.1) is 0 Å². The molecule has 0 saturated carbocycles. The number of hydrogen-bond donors (Lipinski definition) is 1. The molecular weight excluding hydrogens is 257 g/mol. The smallest absolute Gasteiger partial charge is 0.374 e. The predicted molar refractivity (Wildman–Crippen MR) is 65.9 cm³/mol. The second-order valence-electron chi connectivity index (χ2n) is 4.74. The number of carbonyl (C=O) groups is 1. The van der Waals surface area contributed by atoms with E-state index in [9.17, 15) is 18.0 Å². The normalized spacial score (nSPS) is 19.9. The number of nitrogens with zero attached hydrogens (tertiary/aromatic N) is 1. The van der Waals surface area contributed by atoms with E-state index in [1.165, 1.54) is 12.1 Å². The zero-order valence-electron chi connectivity index (χ0n) is 10.5. The van der Waals surface area contributed by atoms with Gasteiger partial charge in [-0.3, -0.25) is 4.79 Å². The molecular formula is C13H15F3N2O. The van der Waals surface area contributed by atoms with E-state index in [1.807, 2.05) is 0 Å². The zero-order chi connectivity index (χ0) is 14.0. The van der Waals surface area contributed by atoms with Gasteiger partial charge in [-0.15, -0.1) is 0 Å². The second kappa shape index (κ2) is 5.11. The van der Waals surface area contributed by atoms with Gasteiger partial charge in [0.15, 0.2) is 0 Å². The van der Waals surface area contributed by atoms with Crippen molar-refractivity contribution in [1.82, 2.24) is 4.90 Å². The van der Waals surface area contributed by atoms with Gasteiger partial charge >= 0.3 is 6.18 Å². The van der Waals surface area contributed by atoms with Gasteiger partial charge in [-0.1, -0.05) is 12.1 Å². The highest BCUT2D eigenvalue weighted by Gasteiger charge is 2.30. The third-order valence-electron chi connectivity index (χ3n) is 3.10. The van der Waals surface area contributed by atoms with Crippen LogP contribution in [0.4, 0.5) is 18.9 Å². The van der Waals surface area contributed by atoms with Gasteiger partial charge in [0.25, 0.3) is 0 Å². The predicted octanol–water partition coefficient (Wildman–Crippen LogP) is 2.43. The van der Waals surface area contributed by atoms with Crippen LogP contribution in [0.2, 0.25) is 0 Å². The summed E-state index contributed by atoms with van der Waals surface area (Å²) in [5, 5.41) is 2.99. The van der Waals surface area contributed by atoms with Gasteiger partial charge in [0.05, 0.1) is 6.42 Å². The van der Waals surface area contributed by atoms with Gasteiger partial charge in [0.1, 0.15) is 6.04 Å². The van der Waals surface area contributed by atoms with Crippen molar-refractivity contribution >= 4 is 11.6 Å². The standard InChI is InChI=1S/C13H15F3N2O/c1-18-6-5-11(12(18)19)17-10-4-2-3-9(7-10)8-13(14,15)16/h2-4,7,11,17H,5-6,8H2,1H3. The van der Waals surface area contributed by atoms with Crippen molar-refractivity contribution in [2.24, 2.45) is 0 Å². The molecule has 1 saturated heterocycles. The molecule has 1 aromatic carbocycles. The molecule has 104 valence electrons. The fourth-order valence-corrected chi connectivity index (χ4v) is 2.16. The molecule has 1 unspecified atom stereocenters. The molecule has 1 atom stereocenters. The number of halogens is 3. The van der Waals surface area contributed by atoms with E-state index in [0.717, 1.165) is 0 Å². The summed E-state index contributed by atoms with van der Waals surface area (Å²) in [7, 11) is 1.71. The van der Waals surface area contributed by atoms with E-state index in [2.05, 4.69) is 5.32 Å². The average molecular weight is 272 g/mol. The number of hydrogen-bond acceptors (Lipinski definition) is 2. The Morgan fingerprint density at radius 3 is 2.74 bits per heavy atom. The summed E-state index contributed by atoms with van der Waals surface area (Å²) in [5.74, 6) is -0.0266. The van der Waals surface area contributed by atoms with Crippen LogP contribution in [-0.2, 0) is 11.2 Å². The first-order valence-electron chi connectivity index (χ1n) is 6.02. The Hall–Kier alpha value is -1.72. The fourth-order valence-electron chi connectivity index (χ4n) is 2.16.